The van der Waals surface area contributed by atoms with Gasteiger partial charge in [-0.15, -0.1) is 16.9 Å². The second-order valence-electron chi connectivity index (χ2n) is 6.05. The first-order chi connectivity index (χ1) is 13.6. The van der Waals surface area contributed by atoms with E-state index in [0.717, 1.165) is 27.6 Å². The number of hydrogen-bond acceptors (Lipinski definition) is 5. The van der Waals surface area contributed by atoms with Crippen LogP contribution in [0.4, 0.5) is 5.82 Å². The summed E-state index contributed by atoms with van der Waals surface area (Å²) in [6, 6.07) is 3.86. The van der Waals surface area contributed by atoms with Gasteiger partial charge >= 0.3 is 0 Å². The Balaban J connectivity index is 0.00000122. The van der Waals surface area contributed by atoms with Crippen molar-refractivity contribution in [2.24, 2.45) is 0 Å². The van der Waals surface area contributed by atoms with Gasteiger partial charge in [-0.1, -0.05) is 51.2 Å². The fraction of sp³-hybridized carbons (Fsp3) is 0.364. The van der Waals surface area contributed by atoms with Gasteiger partial charge in [-0.25, -0.2) is 9.50 Å². The molecule has 0 unspecified atom stereocenters. The van der Waals surface area contributed by atoms with Crippen LogP contribution >= 0.6 is 11.8 Å². The van der Waals surface area contributed by atoms with Crippen LogP contribution in [0.15, 0.2) is 65.1 Å². The molecule has 2 N–H and O–H groups in total. The summed E-state index contributed by atoms with van der Waals surface area (Å²) >= 11 is 1.60. The number of fused-ring (bicyclic) bond motifs is 1. The average molecular weight is 401 g/mol. The molecule has 2 aromatic rings. The molecule has 5 nitrogen and oxygen atoms in total. The van der Waals surface area contributed by atoms with Gasteiger partial charge in [0.2, 0.25) is 0 Å². The molecule has 0 amide bonds. The normalized spacial score (nSPS) is 11.8. The highest BCUT2D eigenvalue weighted by molar-refractivity contribution is 8.05. The first-order valence-electron chi connectivity index (χ1n) is 9.55. The van der Waals surface area contributed by atoms with Crippen molar-refractivity contribution in [2.45, 2.75) is 40.5 Å². The number of allylic oxidation sites excluding steroid dienone is 3. The van der Waals surface area contributed by atoms with Crippen LogP contribution in [0.2, 0.25) is 0 Å². The maximum atomic E-state index is 9.18. The predicted octanol–water partition coefficient (Wildman–Crippen LogP) is 5.38. The second-order valence-corrected chi connectivity index (χ2v) is 7.14. The van der Waals surface area contributed by atoms with Crippen LogP contribution in [0.5, 0.6) is 0 Å². The SMILES string of the molecule is C=C(CNc1ccc2ncc(C/C=C\C(=C/C)CO)n2n1)S/C=C\C.CCC. The zero-order valence-corrected chi connectivity index (χ0v) is 18.2. The van der Waals surface area contributed by atoms with Crippen molar-refractivity contribution in [1.29, 1.82) is 0 Å². The van der Waals surface area contributed by atoms with E-state index in [2.05, 4.69) is 35.8 Å². The molecule has 2 aromatic heterocycles. The topological polar surface area (TPSA) is 62.5 Å². The molecule has 2 heterocycles. The summed E-state index contributed by atoms with van der Waals surface area (Å²) in [5.74, 6) is 0.780. The summed E-state index contributed by atoms with van der Waals surface area (Å²) in [6.45, 7) is 12.9. The number of imidazole rings is 1. The van der Waals surface area contributed by atoms with Crippen LogP contribution in [0, 0.1) is 0 Å². The van der Waals surface area contributed by atoms with Gasteiger partial charge in [-0.05, 0) is 37.0 Å². The van der Waals surface area contributed by atoms with Gasteiger partial charge in [0.1, 0.15) is 5.82 Å². The molecule has 0 aliphatic carbocycles. The maximum absolute atomic E-state index is 9.18. The summed E-state index contributed by atoms with van der Waals surface area (Å²) < 4.78 is 1.84. The molecule has 6 heteroatoms. The standard InChI is InChI=1S/C19H24N4OS.C3H8/c1-4-11-25-15(3)12-20-18-9-10-19-21-13-17(23(19)22-18)8-6-7-16(5-2)14-24;1-3-2/h4-7,9-11,13,24H,3,8,12,14H2,1-2H3,(H,20,22);3H2,1-2H3/b7-6-,11-4-,16-5+;. The number of thioether (sulfide) groups is 1. The van der Waals surface area contributed by atoms with Gasteiger partial charge in [-0.3, -0.25) is 0 Å². The number of aliphatic hydroxyl groups is 1. The van der Waals surface area contributed by atoms with Gasteiger partial charge < -0.3 is 10.4 Å². The zero-order valence-electron chi connectivity index (χ0n) is 17.4. The molecule has 28 heavy (non-hydrogen) atoms. The van der Waals surface area contributed by atoms with Gasteiger partial charge in [0.25, 0.3) is 0 Å². The van der Waals surface area contributed by atoms with E-state index in [1.54, 1.807) is 11.8 Å². The van der Waals surface area contributed by atoms with E-state index in [4.69, 9.17) is 0 Å². The molecular weight excluding hydrogens is 368 g/mol. The molecule has 2 rings (SSSR count). The van der Waals surface area contributed by atoms with E-state index in [0.29, 0.717) is 13.0 Å². The molecule has 0 bridgehead atoms. The number of anilines is 1. The Labute approximate surface area is 173 Å². The second kappa shape index (κ2) is 13.8. The Morgan fingerprint density at radius 2 is 2.07 bits per heavy atom. The number of rotatable bonds is 9. The monoisotopic (exact) mass is 400 g/mol. The van der Waals surface area contributed by atoms with Crippen molar-refractivity contribution >= 4 is 23.2 Å². The summed E-state index contributed by atoms with van der Waals surface area (Å²) in [6.07, 6.45) is 11.6. The maximum Gasteiger partial charge on any atom is 0.153 e. The van der Waals surface area contributed by atoms with E-state index < -0.39 is 0 Å². The van der Waals surface area contributed by atoms with Crippen LogP contribution < -0.4 is 5.32 Å². The van der Waals surface area contributed by atoms with E-state index in [1.165, 1.54) is 6.42 Å². The van der Waals surface area contributed by atoms with Gasteiger partial charge in [-0.2, -0.15) is 0 Å². The van der Waals surface area contributed by atoms with Crippen LogP contribution in [-0.4, -0.2) is 32.9 Å². The van der Waals surface area contributed by atoms with Gasteiger partial charge in [0, 0.05) is 17.9 Å². The summed E-state index contributed by atoms with van der Waals surface area (Å²) in [7, 11) is 0. The fourth-order valence-electron chi connectivity index (χ4n) is 2.12. The van der Waals surface area contributed by atoms with Crippen molar-refractivity contribution in [2.75, 3.05) is 18.5 Å². The van der Waals surface area contributed by atoms with E-state index in [1.807, 2.05) is 66.4 Å². The molecule has 0 atom stereocenters. The lowest BCUT2D eigenvalue weighted by Gasteiger charge is -2.07. The summed E-state index contributed by atoms with van der Waals surface area (Å²) in [5.41, 5.74) is 2.69. The first kappa shape index (κ1) is 23.7. The average Bonchev–Trinajstić information content (AvgIpc) is 3.11. The highest BCUT2D eigenvalue weighted by Gasteiger charge is 2.05. The number of aromatic nitrogens is 3. The highest BCUT2D eigenvalue weighted by Crippen LogP contribution is 2.16. The quantitative estimate of drug-likeness (QED) is 0.554. The zero-order chi connectivity index (χ0) is 20.8. The fourth-order valence-corrected chi connectivity index (χ4v) is 2.60. The minimum atomic E-state index is 0.0432. The van der Waals surface area contributed by atoms with Crippen molar-refractivity contribution in [3.8, 4) is 0 Å². The third-order valence-electron chi connectivity index (χ3n) is 3.48. The number of nitrogens with one attached hydrogen (secondary N) is 1. The molecule has 152 valence electrons. The molecule has 0 radical (unpaired) electrons. The summed E-state index contributed by atoms with van der Waals surface area (Å²) in [5, 5.41) is 19.1. The van der Waals surface area contributed by atoms with Crippen molar-refractivity contribution in [3.05, 3.63) is 70.8 Å². The molecule has 0 fully saturated rings. The number of hydrogen-bond donors (Lipinski definition) is 2. The lowest BCUT2D eigenvalue weighted by Crippen LogP contribution is -2.07. The minimum Gasteiger partial charge on any atom is -0.392 e. The third kappa shape index (κ3) is 8.15. The van der Waals surface area contributed by atoms with E-state index in [9.17, 15) is 5.11 Å². The molecule has 0 aliphatic rings. The number of aliphatic hydroxyl groups excluding tert-OH is 1. The predicted molar refractivity (Wildman–Crippen MR) is 123 cm³/mol. The smallest absolute Gasteiger partial charge is 0.153 e. The lowest BCUT2D eigenvalue weighted by atomic mass is 10.2. The minimum absolute atomic E-state index is 0.0432. The van der Waals surface area contributed by atoms with Gasteiger partial charge in [0.05, 0.1) is 18.5 Å². The van der Waals surface area contributed by atoms with E-state index in [-0.39, 0.29) is 6.61 Å². The molecular formula is C22H32N4OS. The third-order valence-corrected chi connectivity index (χ3v) is 4.37. The number of nitrogens with zero attached hydrogens (tertiary/aromatic N) is 3. The molecule has 0 spiro atoms. The Kier molecular flexibility index (Phi) is 11.7. The van der Waals surface area contributed by atoms with Crippen LogP contribution in [-0.2, 0) is 6.42 Å². The molecule has 0 saturated carbocycles. The van der Waals surface area contributed by atoms with Crippen molar-refractivity contribution in [3.63, 3.8) is 0 Å². The van der Waals surface area contributed by atoms with Crippen LogP contribution in [0.25, 0.3) is 5.65 Å². The van der Waals surface area contributed by atoms with E-state index >= 15 is 0 Å². The summed E-state index contributed by atoms with van der Waals surface area (Å²) in [4.78, 5) is 5.40. The highest BCUT2D eigenvalue weighted by atomic mass is 32.2. The largest absolute Gasteiger partial charge is 0.392 e. The molecule has 0 aliphatic heterocycles. The Hall–Kier alpha value is -2.31. The lowest BCUT2D eigenvalue weighted by molar-refractivity contribution is 0.335. The molecule has 0 aromatic carbocycles. The first-order valence-corrected chi connectivity index (χ1v) is 10.4. The Bertz CT molecular complexity index is 821. The van der Waals surface area contributed by atoms with Crippen molar-refractivity contribution < 1.29 is 5.11 Å². The Morgan fingerprint density at radius 3 is 2.71 bits per heavy atom. The van der Waals surface area contributed by atoms with Gasteiger partial charge in [0.15, 0.2) is 5.65 Å². The van der Waals surface area contributed by atoms with Crippen LogP contribution in [0.1, 0.15) is 39.8 Å². The van der Waals surface area contributed by atoms with Crippen LogP contribution in [0.3, 0.4) is 0 Å². The Morgan fingerprint density at radius 1 is 1.32 bits per heavy atom. The van der Waals surface area contributed by atoms with Crippen molar-refractivity contribution in [1.82, 2.24) is 14.6 Å². The molecule has 0 saturated heterocycles.